The summed E-state index contributed by atoms with van der Waals surface area (Å²) < 4.78 is 0. The molecule has 3 nitrogen and oxygen atoms in total. The zero-order valence-corrected chi connectivity index (χ0v) is 13.8. The van der Waals surface area contributed by atoms with Crippen LogP contribution in [0.1, 0.15) is 35.4 Å². The van der Waals surface area contributed by atoms with Gasteiger partial charge in [-0.3, -0.25) is 4.79 Å². The highest BCUT2D eigenvalue weighted by Gasteiger charge is 2.31. The molecule has 1 saturated carbocycles. The molecule has 0 atom stereocenters. The van der Waals surface area contributed by atoms with E-state index < -0.39 is 0 Å². The number of hydrogen-bond acceptors (Lipinski definition) is 3. The van der Waals surface area contributed by atoms with Gasteiger partial charge >= 0.3 is 0 Å². The van der Waals surface area contributed by atoms with Gasteiger partial charge in [0.2, 0.25) is 5.91 Å². The second kappa shape index (κ2) is 7.05. The Hall–Kier alpha value is -1.68. The van der Waals surface area contributed by atoms with Crippen LogP contribution in [-0.2, 0) is 17.6 Å². The predicted molar refractivity (Wildman–Crippen MR) is 90.1 cm³/mol. The first-order chi connectivity index (χ1) is 10.7. The van der Waals surface area contributed by atoms with Crippen molar-refractivity contribution >= 4 is 17.2 Å². The van der Waals surface area contributed by atoms with Gasteiger partial charge in [0.05, 0.1) is 5.01 Å². The third kappa shape index (κ3) is 3.95. The van der Waals surface area contributed by atoms with Gasteiger partial charge in [-0.25, -0.2) is 4.98 Å². The molecule has 1 aliphatic rings. The first-order valence-electron chi connectivity index (χ1n) is 7.96. The second-order valence-electron chi connectivity index (χ2n) is 5.92. The van der Waals surface area contributed by atoms with Crippen LogP contribution in [-0.4, -0.2) is 28.4 Å². The van der Waals surface area contributed by atoms with Crippen molar-refractivity contribution in [2.24, 2.45) is 0 Å². The summed E-state index contributed by atoms with van der Waals surface area (Å²) >= 11 is 1.67. The molecule has 0 aliphatic heterocycles. The minimum atomic E-state index is 0.294. The lowest BCUT2D eigenvalue weighted by molar-refractivity contribution is -0.131. The number of carbonyl (C=O) groups is 1. The third-order valence-corrected chi connectivity index (χ3v) is 5.07. The Kier molecular flexibility index (Phi) is 4.88. The van der Waals surface area contributed by atoms with Crippen LogP contribution in [0.3, 0.4) is 0 Å². The molecule has 0 spiro atoms. The summed E-state index contributed by atoms with van der Waals surface area (Å²) in [4.78, 5) is 19.0. The minimum Gasteiger partial charge on any atom is -0.339 e. The van der Waals surface area contributed by atoms with Crippen molar-refractivity contribution in [3.05, 3.63) is 52.0 Å². The van der Waals surface area contributed by atoms with E-state index >= 15 is 0 Å². The van der Waals surface area contributed by atoms with E-state index in [1.165, 1.54) is 11.1 Å². The van der Waals surface area contributed by atoms with Crippen LogP contribution in [0.25, 0.3) is 0 Å². The fourth-order valence-electron chi connectivity index (χ4n) is 2.77. The first kappa shape index (κ1) is 15.2. The lowest BCUT2D eigenvalue weighted by Gasteiger charge is -2.22. The molecule has 1 fully saturated rings. The molecule has 2 aromatic rings. The van der Waals surface area contributed by atoms with Gasteiger partial charge < -0.3 is 4.90 Å². The summed E-state index contributed by atoms with van der Waals surface area (Å²) in [6.45, 7) is 2.92. The quantitative estimate of drug-likeness (QED) is 0.782. The van der Waals surface area contributed by atoms with E-state index in [9.17, 15) is 4.79 Å². The van der Waals surface area contributed by atoms with Crippen LogP contribution < -0.4 is 0 Å². The van der Waals surface area contributed by atoms with E-state index in [0.717, 1.165) is 37.2 Å². The van der Waals surface area contributed by atoms with Crippen molar-refractivity contribution in [3.8, 4) is 0 Å². The topological polar surface area (TPSA) is 33.2 Å². The zero-order chi connectivity index (χ0) is 15.4. The molecule has 1 aromatic carbocycles. The average Bonchev–Trinajstić information content (AvgIpc) is 3.22. The van der Waals surface area contributed by atoms with Crippen LogP contribution in [0.2, 0.25) is 0 Å². The molecule has 3 rings (SSSR count). The van der Waals surface area contributed by atoms with Crippen molar-refractivity contribution in [2.45, 2.75) is 45.1 Å². The highest BCUT2D eigenvalue weighted by molar-refractivity contribution is 7.09. The molecule has 4 heteroatoms. The maximum Gasteiger partial charge on any atom is 0.223 e. The molecule has 0 bridgehead atoms. The molecule has 1 aliphatic carbocycles. The molecule has 1 heterocycles. The molecular weight excluding hydrogens is 292 g/mol. The van der Waals surface area contributed by atoms with Crippen LogP contribution in [0.4, 0.5) is 0 Å². The van der Waals surface area contributed by atoms with Gasteiger partial charge in [0.15, 0.2) is 0 Å². The van der Waals surface area contributed by atoms with E-state index in [4.69, 9.17) is 0 Å². The van der Waals surface area contributed by atoms with Crippen molar-refractivity contribution in [3.63, 3.8) is 0 Å². The van der Waals surface area contributed by atoms with E-state index in [1.807, 2.05) is 23.7 Å². The maximum absolute atomic E-state index is 12.6. The molecule has 1 amide bonds. The van der Waals surface area contributed by atoms with Gasteiger partial charge in [0, 0.05) is 37.0 Å². The number of thiazole rings is 1. The molecule has 0 unspecified atom stereocenters. The first-order valence-corrected chi connectivity index (χ1v) is 8.84. The summed E-state index contributed by atoms with van der Waals surface area (Å²) in [7, 11) is 0. The van der Waals surface area contributed by atoms with Crippen molar-refractivity contribution < 1.29 is 4.79 Å². The SMILES string of the molecule is Cc1ccccc1CCC(=O)N(CCc1nccs1)C1CC1. The third-order valence-electron chi connectivity index (χ3n) is 4.23. The molecular formula is C18H22N2OS. The number of aromatic nitrogens is 1. The standard InChI is InChI=1S/C18H22N2OS/c1-14-4-2-3-5-15(14)6-9-18(21)20(16-7-8-16)12-10-17-19-11-13-22-17/h2-5,11,13,16H,6-10,12H2,1H3. The number of nitrogens with zero attached hydrogens (tertiary/aromatic N) is 2. The highest BCUT2D eigenvalue weighted by atomic mass is 32.1. The van der Waals surface area contributed by atoms with E-state index in [2.05, 4.69) is 28.9 Å². The molecule has 116 valence electrons. The number of benzene rings is 1. The Balaban J connectivity index is 1.55. The maximum atomic E-state index is 12.6. The minimum absolute atomic E-state index is 0.294. The fourth-order valence-corrected chi connectivity index (χ4v) is 3.38. The molecule has 1 aromatic heterocycles. The number of amides is 1. The average molecular weight is 314 g/mol. The van der Waals surface area contributed by atoms with E-state index in [0.29, 0.717) is 18.4 Å². The Labute approximate surface area is 136 Å². The molecule has 22 heavy (non-hydrogen) atoms. The second-order valence-corrected chi connectivity index (χ2v) is 6.90. The van der Waals surface area contributed by atoms with Gasteiger partial charge in [-0.15, -0.1) is 11.3 Å². The monoisotopic (exact) mass is 314 g/mol. The van der Waals surface area contributed by atoms with Gasteiger partial charge in [0.1, 0.15) is 0 Å². The predicted octanol–water partition coefficient (Wildman–Crippen LogP) is 3.62. The van der Waals surface area contributed by atoms with Crippen molar-refractivity contribution in [1.82, 2.24) is 9.88 Å². The van der Waals surface area contributed by atoms with Crippen molar-refractivity contribution in [1.29, 1.82) is 0 Å². The number of carbonyl (C=O) groups excluding carboxylic acids is 1. The molecule has 0 saturated heterocycles. The van der Waals surface area contributed by atoms with E-state index in [-0.39, 0.29) is 0 Å². The van der Waals surface area contributed by atoms with Crippen LogP contribution in [0.5, 0.6) is 0 Å². The lowest BCUT2D eigenvalue weighted by atomic mass is 10.0. The Morgan fingerprint density at radius 3 is 2.82 bits per heavy atom. The fraction of sp³-hybridized carbons (Fsp3) is 0.444. The summed E-state index contributed by atoms with van der Waals surface area (Å²) in [5, 5.41) is 3.12. The van der Waals surface area contributed by atoms with E-state index in [1.54, 1.807) is 11.3 Å². The summed E-state index contributed by atoms with van der Waals surface area (Å²) in [5.41, 5.74) is 2.56. The lowest BCUT2D eigenvalue weighted by Crippen LogP contribution is -2.35. The van der Waals surface area contributed by atoms with Gasteiger partial charge in [-0.05, 0) is 37.3 Å². The van der Waals surface area contributed by atoms with Crippen LogP contribution in [0, 0.1) is 6.92 Å². The van der Waals surface area contributed by atoms with Gasteiger partial charge in [-0.1, -0.05) is 24.3 Å². The van der Waals surface area contributed by atoms with Crippen LogP contribution >= 0.6 is 11.3 Å². The van der Waals surface area contributed by atoms with Gasteiger partial charge in [-0.2, -0.15) is 0 Å². The zero-order valence-electron chi connectivity index (χ0n) is 13.0. The van der Waals surface area contributed by atoms with Gasteiger partial charge in [0.25, 0.3) is 0 Å². The number of rotatable bonds is 7. The smallest absolute Gasteiger partial charge is 0.223 e. The number of aryl methyl sites for hydroxylation is 2. The molecule has 0 N–H and O–H groups in total. The highest BCUT2D eigenvalue weighted by Crippen LogP contribution is 2.28. The van der Waals surface area contributed by atoms with Crippen molar-refractivity contribution in [2.75, 3.05) is 6.54 Å². The largest absolute Gasteiger partial charge is 0.339 e. The summed E-state index contributed by atoms with van der Waals surface area (Å²) in [6.07, 6.45) is 6.49. The summed E-state index contributed by atoms with van der Waals surface area (Å²) in [6, 6.07) is 8.81. The van der Waals surface area contributed by atoms with Crippen LogP contribution in [0.15, 0.2) is 35.8 Å². The normalized spacial score (nSPS) is 14.0. The Morgan fingerprint density at radius 1 is 1.32 bits per heavy atom. The number of hydrogen-bond donors (Lipinski definition) is 0. The molecule has 0 radical (unpaired) electrons. The summed E-state index contributed by atoms with van der Waals surface area (Å²) in [5.74, 6) is 0.294. The Morgan fingerprint density at radius 2 is 2.14 bits per heavy atom. The Bertz CT molecular complexity index is 620.